The maximum absolute atomic E-state index is 12.6. The molecular weight excluding hydrogens is 340 g/mol. The Kier molecular flexibility index (Phi) is 4.30. The van der Waals surface area contributed by atoms with Gasteiger partial charge in [0.05, 0.1) is 29.2 Å². The van der Waals surface area contributed by atoms with E-state index in [0.29, 0.717) is 22.6 Å². The number of benzene rings is 2. The summed E-state index contributed by atoms with van der Waals surface area (Å²) < 4.78 is 5.77. The van der Waals surface area contributed by atoms with Crippen molar-refractivity contribution in [2.24, 2.45) is 0 Å². The number of aryl methyl sites for hydroxylation is 2. The van der Waals surface area contributed by atoms with Crippen molar-refractivity contribution >= 4 is 22.5 Å². The fourth-order valence-corrected chi connectivity index (χ4v) is 2.77. The minimum Gasteiger partial charge on any atom is -0.439 e. The highest BCUT2D eigenvalue weighted by molar-refractivity contribution is 6.11. The second-order valence-corrected chi connectivity index (χ2v) is 6.33. The predicted octanol–water partition coefficient (Wildman–Crippen LogP) is 4.62. The first-order valence-electron chi connectivity index (χ1n) is 8.55. The van der Waals surface area contributed by atoms with Crippen molar-refractivity contribution < 1.29 is 9.53 Å². The molecule has 0 saturated carbocycles. The number of aromatic nitrogens is 3. The number of carbonyl (C=O) groups excluding carboxylic acids is 1. The van der Waals surface area contributed by atoms with Gasteiger partial charge in [-0.3, -0.25) is 9.89 Å². The molecule has 2 aromatic carbocycles. The topological polar surface area (TPSA) is 79.9 Å². The number of amides is 1. The lowest BCUT2D eigenvalue weighted by Crippen LogP contribution is -2.12. The third-order valence-corrected chi connectivity index (χ3v) is 4.42. The van der Waals surface area contributed by atoms with Crippen LogP contribution in [0.4, 0.5) is 5.69 Å². The maximum Gasteiger partial charge on any atom is 0.257 e. The molecule has 0 aliphatic heterocycles. The SMILES string of the molecule is Cc1ccc(Oc2ccc(NC(=O)c3cccc4cn[nH]c34)cn2)cc1C. The van der Waals surface area contributed by atoms with E-state index in [1.165, 1.54) is 5.56 Å². The van der Waals surface area contributed by atoms with Crippen molar-refractivity contribution in [1.29, 1.82) is 0 Å². The summed E-state index contributed by atoms with van der Waals surface area (Å²) in [5, 5.41) is 10.6. The Morgan fingerprint density at radius 2 is 1.93 bits per heavy atom. The first-order valence-corrected chi connectivity index (χ1v) is 8.55. The largest absolute Gasteiger partial charge is 0.439 e. The standard InChI is InChI=1S/C21H18N4O2/c1-13-6-8-17(10-14(13)2)27-19-9-7-16(12-22-19)24-21(26)18-5-3-4-15-11-23-25-20(15)18/h3-12H,1-2H3,(H,23,25)(H,24,26). The van der Waals surface area contributed by atoms with Gasteiger partial charge in [-0.15, -0.1) is 0 Å². The number of H-pyrrole nitrogens is 1. The van der Waals surface area contributed by atoms with Crippen LogP contribution in [0, 0.1) is 13.8 Å². The number of aromatic amines is 1. The summed E-state index contributed by atoms with van der Waals surface area (Å²) in [7, 11) is 0. The minimum atomic E-state index is -0.227. The number of nitrogens with zero attached hydrogens (tertiary/aromatic N) is 2. The number of carbonyl (C=O) groups is 1. The molecule has 4 rings (SSSR count). The van der Waals surface area contributed by atoms with Gasteiger partial charge in [0.15, 0.2) is 0 Å². The van der Waals surface area contributed by atoms with Crippen LogP contribution in [-0.2, 0) is 0 Å². The fraction of sp³-hybridized carbons (Fsp3) is 0.0952. The van der Waals surface area contributed by atoms with Gasteiger partial charge in [0, 0.05) is 11.5 Å². The average molecular weight is 358 g/mol. The average Bonchev–Trinajstić information content (AvgIpc) is 3.15. The van der Waals surface area contributed by atoms with Crippen LogP contribution in [0.15, 0.2) is 60.9 Å². The van der Waals surface area contributed by atoms with Crippen LogP contribution in [0.25, 0.3) is 10.9 Å². The molecule has 2 heterocycles. The zero-order chi connectivity index (χ0) is 18.8. The Bertz CT molecular complexity index is 1120. The second kappa shape index (κ2) is 6.92. The molecule has 0 saturated heterocycles. The molecule has 2 N–H and O–H groups in total. The summed E-state index contributed by atoms with van der Waals surface area (Å²) in [6, 6.07) is 14.8. The Morgan fingerprint density at radius 1 is 1.04 bits per heavy atom. The molecule has 2 aromatic heterocycles. The maximum atomic E-state index is 12.6. The van der Waals surface area contributed by atoms with Crippen molar-refractivity contribution in [3.63, 3.8) is 0 Å². The summed E-state index contributed by atoms with van der Waals surface area (Å²) in [4.78, 5) is 16.8. The van der Waals surface area contributed by atoms with Crippen LogP contribution in [0.3, 0.4) is 0 Å². The Labute approximate surface area is 156 Å². The number of fused-ring (bicyclic) bond motifs is 1. The van der Waals surface area contributed by atoms with Crippen LogP contribution in [0.5, 0.6) is 11.6 Å². The molecule has 6 nitrogen and oxygen atoms in total. The number of nitrogens with one attached hydrogen (secondary N) is 2. The third kappa shape index (κ3) is 3.50. The van der Waals surface area contributed by atoms with E-state index in [4.69, 9.17) is 4.74 Å². The zero-order valence-electron chi connectivity index (χ0n) is 15.0. The van der Waals surface area contributed by atoms with E-state index in [1.54, 1.807) is 30.6 Å². The minimum absolute atomic E-state index is 0.227. The summed E-state index contributed by atoms with van der Waals surface area (Å²) in [6.07, 6.45) is 3.26. The fourth-order valence-electron chi connectivity index (χ4n) is 2.77. The van der Waals surface area contributed by atoms with Crippen molar-refractivity contribution in [2.75, 3.05) is 5.32 Å². The van der Waals surface area contributed by atoms with E-state index in [9.17, 15) is 4.79 Å². The summed E-state index contributed by atoms with van der Waals surface area (Å²) in [6.45, 7) is 4.09. The number of para-hydroxylation sites is 1. The number of hydrogen-bond acceptors (Lipinski definition) is 4. The Hall–Kier alpha value is -3.67. The van der Waals surface area contributed by atoms with Crippen molar-refractivity contribution in [2.45, 2.75) is 13.8 Å². The highest BCUT2D eigenvalue weighted by atomic mass is 16.5. The molecule has 0 fully saturated rings. The van der Waals surface area contributed by atoms with Crippen LogP contribution in [0.2, 0.25) is 0 Å². The molecule has 0 atom stereocenters. The van der Waals surface area contributed by atoms with E-state index in [0.717, 1.165) is 16.7 Å². The second-order valence-electron chi connectivity index (χ2n) is 6.33. The van der Waals surface area contributed by atoms with Gasteiger partial charge in [-0.05, 0) is 49.2 Å². The zero-order valence-corrected chi connectivity index (χ0v) is 15.0. The third-order valence-electron chi connectivity index (χ3n) is 4.42. The van der Waals surface area contributed by atoms with E-state index in [-0.39, 0.29) is 5.91 Å². The van der Waals surface area contributed by atoms with Crippen molar-refractivity contribution in [1.82, 2.24) is 15.2 Å². The summed E-state index contributed by atoms with van der Waals surface area (Å²) in [5.41, 5.74) is 4.19. The first kappa shape index (κ1) is 16.8. The quantitative estimate of drug-likeness (QED) is 0.558. The van der Waals surface area contributed by atoms with Crippen molar-refractivity contribution in [3.05, 3.63) is 77.6 Å². The highest BCUT2D eigenvalue weighted by Crippen LogP contribution is 2.23. The van der Waals surface area contributed by atoms with Gasteiger partial charge in [0.2, 0.25) is 5.88 Å². The van der Waals surface area contributed by atoms with E-state index < -0.39 is 0 Å². The molecular formula is C21H18N4O2. The van der Waals surface area contributed by atoms with Crippen LogP contribution in [-0.4, -0.2) is 21.1 Å². The smallest absolute Gasteiger partial charge is 0.257 e. The lowest BCUT2D eigenvalue weighted by Gasteiger charge is -2.09. The molecule has 6 heteroatoms. The Morgan fingerprint density at radius 3 is 2.70 bits per heavy atom. The van der Waals surface area contributed by atoms with Crippen LogP contribution < -0.4 is 10.1 Å². The predicted molar refractivity (Wildman–Crippen MR) is 104 cm³/mol. The molecule has 0 bridgehead atoms. The molecule has 0 radical (unpaired) electrons. The number of ether oxygens (including phenoxy) is 1. The van der Waals surface area contributed by atoms with E-state index in [1.807, 2.05) is 37.3 Å². The normalized spacial score (nSPS) is 10.7. The van der Waals surface area contributed by atoms with E-state index in [2.05, 4.69) is 27.4 Å². The van der Waals surface area contributed by atoms with Gasteiger partial charge in [-0.25, -0.2) is 4.98 Å². The molecule has 0 spiro atoms. The lowest BCUT2D eigenvalue weighted by atomic mass is 10.1. The Balaban J connectivity index is 1.48. The van der Waals surface area contributed by atoms with Gasteiger partial charge >= 0.3 is 0 Å². The molecule has 0 unspecified atom stereocenters. The van der Waals surface area contributed by atoms with Crippen LogP contribution in [0.1, 0.15) is 21.5 Å². The van der Waals surface area contributed by atoms with Crippen molar-refractivity contribution in [3.8, 4) is 11.6 Å². The molecule has 134 valence electrons. The molecule has 4 aromatic rings. The lowest BCUT2D eigenvalue weighted by molar-refractivity contribution is 0.102. The van der Waals surface area contributed by atoms with E-state index >= 15 is 0 Å². The summed E-state index contributed by atoms with van der Waals surface area (Å²) in [5.74, 6) is 0.967. The van der Waals surface area contributed by atoms with Gasteiger partial charge in [0.25, 0.3) is 5.91 Å². The summed E-state index contributed by atoms with van der Waals surface area (Å²) >= 11 is 0. The highest BCUT2D eigenvalue weighted by Gasteiger charge is 2.12. The number of hydrogen-bond donors (Lipinski definition) is 2. The molecule has 1 amide bonds. The number of anilines is 1. The number of rotatable bonds is 4. The van der Waals surface area contributed by atoms with Gasteiger partial charge in [-0.1, -0.05) is 18.2 Å². The van der Waals surface area contributed by atoms with Gasteiger partial charge < -0.3 is 10.1 Å². The van der Waals surface area contributed by atoms with Gasteiger partial charge in [0.1, 0.15) is 5.75 Å². The molecule has 27 heavy (non-hydrogen) atoms. The first-order chi connectivity index (χ1) is 13.1. The molecule has 0 aliphatic carbocycles. The van der Waals surface area contributed by atoms with Crippen LogP contribution >= 0.6 is 0 Å². The molecule has 0 aliphatic rings. The number of pyridine rings is 1. The van der Waals surface area contributed by atoms with Gasteiger partial charge in [-0.2, -0.15) is 5.10 Å². The monoisotopic (exact) mass is 358 g/mol.